The van der Waals surface area contributed by atoms with E-state index in [1.54, 1.807) is 0 Å². The molecule has 2 aliphatic carbocycles. The molecule has 0 N–H and O–H groups in total. The smallest absolute Gasteiger partial charge is 0.165 e. The second-order valence-corrected chi connectivity index (χ2v) is 14.3. The van der Waals surface area contributed by atoms with Crippen molar-refractivity contribution in [1.29, 1.82) is 0 Å². The summed E-state index contributed by atoms with van der Waals surface area (Å²) in [5, 5.41) is 4.68. The van der Waals surface area contributed by atoms with Gasteiger partial charge in [-0.25, -0.2) is 15.0 Å². The van der Waals surface area contributed by atoms with Crippen LogP contribution < -0.4 is 0 Å². The number of allylic oxidation sites excluding steroid dienone is 7. The number of rotatable bonds is 5. The highest BCUT2D eigenvalue weighted by atomic mass is 16.3. The van der Waals surface area contributed by atoms with Gasteiger partial charge in [-0.05, 0) is 79.9 Å². The molecule has 4 heteroatoms. The Labute approximate surface area is 324 Å². The molecule has 2 bridgehead atoms. The lowest BCUT2D eigenvalue weighted by atomic mass is 9.88. The minimum Gasteiger partial charge on any atom is -0.456 e. The number of furan rings is 1. The fourth-order valence-electron chi connectivity index (χ4n) is 8.34. The summed E-state index contributed by atoms with van der Waals surface area (Å²) in [6, 6.07) is 57.3. The zero-order chi connectivity index (χ0) is 37.0. The minimum absolute atomic E-state index is 0.640. The Kier molecular flexibility index (Phi) is 7.52. The summed E-state index contributed by atoms with van der Waals surface area (Å²) in [5.74, 6) is 1.92. The van der Waals surface area contributed by atoms with Gasteiger partial charge in [0.15, 0.2) is 17.5 Å². The summed E-state index contributed by atoms with van der Waals surface area (Å²) in [4.78, 5) is 15.6. The number of nitrogens with zero attached hydrogens (tertiary/aromatic N) is 3. The Morgan fingerprint density at radius 1 is 0.393 bits per heavy atom. The molecule has 0 saturated heterocycles. The van der Waals surface area contributed by atoms with E-state index in [0.717, 1.165) is 72.9 Å². The van der Waals surface area contributed by atoms with E-state index in [1.165, 1.54) is 27.5 Å². The van der Waals surface area contributed by atoms with Gasteiger partial charge < -0.3 is 4.42 Å². The first-order valence-corrected chi connectivity index (χ1v) is 19.0. The standard InChI is InChI=1S/C52H33N3O/c1-3-14-36(15-4-1)50-53-51(37-16-5-2-6-17-37)55-52(54-50)49-43-22-12-11-20-41(43)39-18-7-8-19-40(31-39)47(49)35-25-23-33(24-26-35)38-28-29-45-44(32-38)48-42-21-10-9-13-34(42)27-30-46(48)56-45/h1-30,32H,31H2. The highest BCUT2D eigenvalue weighted by Crippen LogP contribution is 2.47. The van der Waals surface area contributed by atoms with Crippen molar-refractivity contribution in [3.8, 4) is 33.9 Å². The van der Waals surface area contributed by atoms with Crippen molar-refractivity contribution < 1.29 is 4.42 Å². The molecule has 0 unspecified atom stereocenters. The van der Waals surface area contributed by atoms with E-state index in [0.29, 0.717) is 17.5 Å². The second-order valence-electron chi connectivity index (χ2n) is 14.3. The van der Waals surface area contributed by atoms with Crippen LogP contribution in [-0.2, 0) is 0 Å². The Morgan fingerprint density at radius 2 is 0.982 bits per heavy atom. The van der Waals surface area contributed by atoms with Gasteiger partial charge in [0.25, 0.3) is 0 Å². The summed E-state index contributed by atoms with van der Waals surface area (Å²) in [7, 11) is 0. The maximum absolute atomic E-state index is 6.33. The topological polar surface area (TPSA) is 51.8 Å². The van der Waals surface area contributed by atoms with Gasteiger partial charge >= 0.3 is 0 Å². The van der Waals surface area contributed by atoms with E-state index < -0.39 is 0 Å². The molecule has 0 aliphatic heterocycles. The van der Waals surface area contributed by atoms with Gasteiger partial charge in [0.1, 0.15) is 11.2 Å². The van der Waals surface area contributed by atoms with Crippen molar-refractivity contribution in [2.75, 3.05) is 0 Å². The van der Waals surface area contributed by atoms with Crippen LogP contribution in [0.1, 0.15) is 28.9 Å². The Morgan fingerprint density at radius 3 is 1.73 bits per heavy atom. The SMILES string of the molecule is C1=CC=C2CC(=C1)C(c1ccc(-c3ccc4oc5ccc6ccccc6c5c4c3)cc1)=C(c1nc(-c3ccccc3)nc(-c3ccccc3)n1)c1ccccc12. The second kappa shape index (κ2) is 13.2. The molecule has 0 fully saturated rings. The van der Waals surface area contributed by atoms with Crippen LogP contribution in [-0.4, -0.2) is 15.0 Å². The first kappa shape index (κ1) is 32.0. The van der Waals surface area contributed by atoms with Crippen molar-refractivity contribution in [1.82, 2.24) is 15.0 Å². The Hall–Kier alpha value is -7.43. The molecular formula is C52H33N3O. The minimum atomic E-state index is 0.640. The molecule has 0 atom stereocenters. The molecule has 2 aliphatic rings. The van der Waals surface area contributed by atoms with Crippen LogP contribution in [0.3, 0.4) is 0 Å². The van der Waals surface area contributed by atoms with E-state index in [2.05, 4.69) is 152 Å². The van der Waals surface area contributed by atoms with Crippen LogP contribution in [0.2, 0.25) is 0 Å². The predicted octanol–water partition coefficient (Wildman–Crippen LogP) is 13.2. The number of benzene rings is 7. The van der Waals surface area contributed by atoms with E-state index in [4.69, 9.17) is 19.4 Å². The summed E-state index contributed by atoms with van der Waals surface area (Å²) >= 11 is 0. The molecule has 2 heterocycles. The van der Waals surface area contributed by atoms with Gasteiger partial charge in [-0.1, -0.05) is 170 Å². The summed E-state index contributed by atoms with van der Waals surface area (Å²) in [6.45, 7) is 0. The van der Waals surface area contributed by atoms with Gasteiger partial charge in [0, 0.05) is 27.5 Å². The molecule has 0 saturated carbocycles. The van der Waals surface area contributed by atoms with Crippen LogP contribution in [0.15, 0.2) is 198 Å². The van der Waals surface area contributed by atoms with Gasteiger partial charge in [-0.3, -0.25) is 0 Å². The van der Waals surface area contributed by atoms with Crippen molar-refractivity contribution in [3.63, 3.8) is 0 Å². The molecule has 4 nitrogen and oxygen atoms in total. The maximum atomic E-state index is 6.33. The fourth-order valence-corrected chi connectivity index (χ4v) is 8.34. The average Bonchev–Trinajstić information content (AvgIpc) is 3.38. The van der Waals surface area contributed by atoms with Crippen LogP contribution in [0.5, 0.6) is 0 Å². The van der Waals surface area contributed by atoms with Gasteiger partial charge in [0.05, 0.1) is 0 Å². The highest BCUT2D eigenvalue weighted by molar-refractivity contribution is 6.19. The third kappa shape index (κ3) is 5.42. The molecule has 11 rings (SSSR count). The predicted molar refractivity (Wildman–Crippen MR) is 230 cm³/mol. The van der Waals surface area contributed by atoms with Gasteiger partial charge in [0.2, 0.25) is 0 Å². The molecule has 0 spiro atoms. The monoisotopic (exact) mass is 715 g/mol. The largest absolute Gasteiger partial charge is 0.456 e. The van der Waals surface area contributed by atoms with E-state index in [-0.39, 0.29) is 0 Å². The zero-order valence-corrected chi connectivity index (χ0v) is 30.4. The zero-order valence-electron chi connectivity index (χ0n) is 30.4. The summed E-state index contributed by atoms with van der Waals surface area (Å²) in [6.07, 6.45) is 9.56. The summed E-state index contributed by atoms with van der Waals surface area (Å²) < 4.78 is 6.33. The lowest BCUT2D eigenvalue weighted by Gasteiger charge is -2.18. The van der Waals surface area contributed by atoms with Crippen LogP contribution in [0.4, 0.5) is 0 Å². The van der Waals surface area contributed by atoms with Crippen LogP contribution in [0, 0.1) is 0 Å². The van der Waals surface area contributed by atoms with E-state index >= 15 is 0 Å². The van der Waals surface area contributed by atoms with Crippen LogP contribution >= 0.6 is 0 Å². The normalized spacial score (nSPS) is 13.7. The number of fused-ring (bicyclic) bond motifs is 9. The molecular weight excluding hydrogens is 683 g/mol. The maximum Gasteiger partial charge on any atom is 0.165 e. The van der Waals surface area contributed by atoms with Gasteiger partial charge in [-0.2, -0.15) is 0 Å². The average molecular weight is 716 g/mol. The summed E-state index contributed by atoms with van der Waals surface area (Å²) in [5.41, 5.74) is 13.9. The van der Waals surface area contributed by atoms with E-state index in [9.17, 15) is 0 Å². The lowest BCUT2D eigenvalue weighted by Crippen LogP contribution is -2.06. The van der Waals surface area contributed by atoms with Crippen molar-refractivity contribution in [2.45, 2.75) is 6.42 Å². The Balaban J connectivity index is 1.13. The van der Waals surface area contributed by atoms with Crippen LogP contribution in [0.25, 0.3) is 83.3 Å². The molecule has 2 aromatic heterocycles. The highest BCUT2D eigenvalue weighted by Gasteiger charge is 2.28. The first-order chi connectivity index (χ1) is 27.7. The number of hydrogen-bond donors (Lipinski definition) is 0. The molecule has 262 valence electrons. The molecule has 7 aromatic carbocycles. The fraction of sp³-hybridized carbons (Fsp3) is 0.0192. The quantitative estimate of drug-likeness (QED) is 0.178. The van der Waals surface area contributed by atoms with Crippen molar-refractivity contribution in [3.05, 3.63) is 216 Å². The van der Waals surface area contributed by atoms with E-state index in [1.807, 2.05) is 36.4 Å². The number of hydrogen-bond acceptors (Lipinski definition) is 4. The molecule has 56 heavy (non-hydrogen) atoms. The third-order valence-electron chi connectivity index (χ3n) is 11.0. The number of aromatic nitrogens is 3. The molecule has 9 aromatic rings. The third-order valence-corrected chi connectivity index (χ3v) is 11.0. The molecule has 0 amide bonds. The van der Waals surface area contributed by atoms with Gasteiger partial charge in [-0.15, -0.1) is 0 Å². The first-order valence-electron chi connectivity index (χ1n) is 19.0. The molecule has 0 radical (unpaired) electrons. The Bertz CT molecular complexity index is 3070. The van der Waals surface area contributed by atoms with Crippen molar-refractivity contribution in [2.24, 2.45) is 0 Å². The lowest BCUT2D eigenvalue weighted by molar-refractivity contribution is 0.669. The van der Waals surface area contributed by atoms with Crippen molar-refractivity contribution >= 4 is 49.4 Å².